The minimum absolute atomic E-state index is 0.367. The molecule has 0 saturated heterocycles. The van der Waals surface area contributed by atoms with Crippen molar-refractivity contribution < 1.29 is 9.30 Å². The molecule has 0 N–H and O–H groups in total. The quantitative estimate of drug-likeness (QED) is 0.785. The van der Waals surface area contributed by atoms with Crippen LogP contribution in [0.1, 0.15) is 31.2 Å². The Kier molecular flexibility index (Phi) is 3.73. The third kappa shape index (κ3) is 3.11. The van der Waals surface area contributed by atoms with Gasteiger partial charge >= 0.3 is 5.88 Å². The SMILES string of the molecule is c1ccc(C[n+]2ccncc2OC2CCCC2)cc1. The van der Waals surface area contributed by atoms with Crippen molar-refractivity contribution in [2.24, 2.45) is 0 Å². The van der Waals surface area contributed by atoms with E-state index in [4.69, 9.17) is 4.74 Å². The summed E-state index contributed by atoms with van der Waals surface area (Å²) in [6.07, 6.45) is 10.9. The van der Waals surface area contributed by atoms with E-state index in [9.17, 15) is 0 Å². The van der Waals surface area contributed by atoms with E-state index in [1.807, 2.05) is 24.7 Å². The largest absolute Gasteiger partial charge is 0.440 e. The highest BCUT2D eigenvalue weighted by Crippen LogP contribution is 2.21. The topological polar surface area (TPSA) is 26.0 Å². The fourth-order valence-electron chi connectivity index (χ4n) is 2.56. The second-order valence-corrected chi connectivity index (χ2v) is 5.05. The van der Waals surface area contributed by atoms with Crippen molar-refractivity contribution in [3.63, 3.8) is 0 Å². The second-order valence-electron chi connectivity index (χ2n) is 5.05. The van der Waals surface area contributed by atoms with E-state index >= 15 is 0 Å². The van der Waals surface area contributed by atoms with Crippen molar-refractivity contribution in [2.75, 3.05) is 0 Å². The van der Waals surface area contributed by atoms with Crippen molar-refractivity contribution >= 4 is 0 Å². The van der Waals surface area contributed by atoms with Crippen LogP contribution >= 0.6 is 0 Å². The van der Waals surface area contributed by atoms with Crippen molar-refractivity contribution in [2.45, 2.75) is 38.3 Å². The third-order valence-electron chi connectivity index (χ3n) is 3.59. The van der Waals surface area contributed by atoms with Crippen molar-refractivity contribution in [3.05, 3.63) is 54.5 Å². The highest BCUT2D eigenvalue weighted by molar-refractivity contribution is 5.13. The molecule has 0 atom stereocenters. The Morgan fingerprint density at radius 2 is 1.95 bits per heavy atom. The van der Waals surface area contributed by atoms with E-state index in [0.29, 0.717) is 6.10 Å². The summed E-state index contributed by atoms with van der Waals surface area (Å²) >= 11 is 0. The van der Waals surface area contributed by atoms with Crippen LogP contribution < -0.4 is 9.30 Å². The molecule has 3 rings (SSSR count). The number of rotatable bonds is 4. The van der Waals surface area contributed by atoms with Crippen LogP contribution in [0.5, 0.6) is 5.88 Å². The standard InChI is InChI=1S/C16H19N2O/c1-2-6-14(7-3-1)13-18-11-10-17-12-16(18)19-15-8-4-5-9-15/h1-3,6-7,10-12,15H,4-5,8-9,13H2/q+1. The molecule has 0 amide bonds. The fraction of sp³-hybridized carbons (Fsp3) is 0.375. The lowest BCUT2D eigenvalue weighted by atomic mass is 10.2. The summed E-state index contributed by atoms with van der Waals surface area (Å²) in [4.78, 5) is 4.18. The van der Waals surface area contributed by atoms with E-state index in [-0.39, 0.29) is 0 Å². The molecule has 3 heteroatoms. The van der Waals surface area contributed by atoms with Crippen LogP contribution in [-0.2, 0) is 6.54 Å². The number of aromatic nitrogens is 2. The summed E-state index contributed by atoms with van der Waals surface area (Å²) < 4.78 is 8.20. The number of hydrogen-bond donors (Lipinski definition) is 0. The molecule has 19 heavy (non-hydrogen) atoms. The Morgan fingerprint density at radius 3 is 2.74 bits per heavy atom. The molecule has 0 spiro atoms. The first kappa shape index (κ1) is 12.2. The minimum atomic E-state index is 0.367. The molecule has 1 fully saturated rings. The molecule has 98 valence electrons. The van der Waals surface area contributed by atoms with E-state index < -0.39 is 0 Å². The Labute approximate surface area is 113 Å². The molecular weight excluding hydrogens is 236 g/mol. The van der Waals surface area contributed by atoms with Crippen molar-refractivity contribution in [1.29, 1.82) is 0 Å². The van der Waals surface area contributed by atoms with Gasteiger partial charge in [0.1, 0.15) is 12.3 Å². The minimum Gasteiger partial charge on any atom is -0.440 e. The average molecular weight is 255 g/mol. The molecule has 1 aromatic carbocycles. The van der Waals surface area contributed by atoms with Crippen LogP contribution in [-0.4, -0.2) is 11.1 Å². The number of ether oxygens (including phenoxy) is 1. The highest BCUT2D eigenvalue weighted by atomic mass is 16.5. The van der Waals surface area contributed by atoms with Crippen LogP contribution in [0, 0.1) is 0 Å². The summed E-state index contributed by atoms with van der Waals surface area (Å²) in [5.74, 6) is 0.873. The first-order valence-corrected chi connectivity index (χ1v) is 6.96. The molecule has 0 radical (unpaired) electrons. The molecule has 1 aliphatic carbocycles. The van der Waals surface area contributed by atoms with Crippen molar-refractivity contribution in [3.8, 4) is 5.88 Å². The summed E-state index contributed by atoms with van der Waals surface area (Å²) in [7, 11) is 0. The highest BCUT2D eigenvalue weighted by Gasteiger charge is 2.21. The maximum Gasteiger partial charge on any atom is 0.387 e. The van der Waals surface area contributed by atoms with Gasteiger partial charge in [-0.05, 0) is 25.7 Å². The fourth-order valence-corrected chi connectivity index (χ4v) is 2.56. The van der Waals surface area contributed by atoms with Gasteiger partial charge in [0.25, 0.3) is 0 Å². The predicted octanol–water partition coefficient (Wildman–Crippen LogP) is 2.74. The van der Waals surface area contributed by atoms with Crippen LogP contribution in [0.15, 0.2) is 48.9 Å². The molecule has 1 saturated carbocycles. The van der Waals surface area contributed by atoms with Gasteiger partial charge in [0.2, 0.25) is 0 Å². The van der Waals surface area contributed by atoms with Gasteiger partial charge in [-0.2, -0.15) is 4.57 Å². The molecule has 0 unspecified atom stereocenters. The number of hydrogen-bond acceptors (Lipinski definition) is 2. The summed E-state index contributed by atoms with van der Waals surface area (Å²) in [6, 6.07) is 10.4. The maximum absolute atomic E-state index is 6.08. The molecule has 1 heterocycles. The lowest BCUT2D eigenvalue weighted by molar-refractivity contribution is -0.694. The van der Waals surface area contributed by atoms with Gasteiger partial charge in [-0.1, -0.05) is 30.3 Å². The third-order valence-corrected chi connectivity index (χ3v) is 3.59. The molecule has 1 aliphatic rings. The molecule has 1 aromatic heterocycles. The Bertz CT molecular complexity index is 521. The molecule has 0 bridgehead atoms. The molecular formula is C16H19N2O+. The predicted molar refractivity (Wildman–Crippen MR) is 72.9 cm³/mol. The van der Waals surface area contributed by atoms with E-state index in [0.717, 1.165) is 12.4 Å². The zero-order valence-electron chi connectivity index (χ0n) is 11.0. The maximum atomic E-state index is 6.08. The van der Waals surface area contributed by atoms with Gasteiger partial charge in [0, 0.05) is 5.56 Å². The lowest BCUT2D eigenvalue weighted by Gasteiger charge is -2.11. The molecule has 0 aliphatic heterocycles. The monoisotopic (exact) mass is 255 g/mol. The number of benzene rings is 1. The summed E-state index contributed by atoms with van der Waals surface area (Å²) in [5, 5.41) is 0. The second kappa shape index (κ2) is 5.83. The van der Waals surface area contributed by atoms with Crippen molar-refractivity contribution in [1.82, 2.24) is 4.98 Å². The van der Waals surface area contributed by atoms with Gasteiger partial charge in [-0.3, -0.25) is 0 Å². The van der Waals surface area contributed by atoms with Crippen LogP contribution in [0.25, 0.3) is 0 Å². The Balaban J connectivity index is 1.77. The molecule has 2 aromatic rings. The zero-order chi connectivity index (χ0) is 12.9. The Hall–Kier alpha value is -1.90. The average Bonchev–Trinajstić information content (AvgIpc) is 2.95. The first-order valence-electron chi connectivity index (χ1n) is 6.96. The summed E-state index contributed by atoms with van der Waals surface area (Å²) in [5.41, 5.74) is 1.27. The number of nitrogens with zero attached hydrogens (tertiary/aromatic N) is 2. The Morgan fingerprint density at radius 1 is 1.16 bits per heavy atom. The smallest absolute Gasteiger partial charge is 0.387 e. The van der Waals surface area contributed by atoms with Gasteiger partial charge < -0.3 is 4.74 Å². The summed E-state index contributed by atoms with van der Waals surface area (Å²) in [6.45, 7) is 0.825. The zero-order valence-corrected chi connectivity index (χ0v) is 11.0. The van der Waals surface area contributed by atoms with Crippen LogP contribution in [0.3, 0.4) is 0 Å². The van der Waals surface area contributed by atoms with E-state index in [2.05, 4.69) is 33.8 Å². The first-order chi connectivity index (χ1) is 9.42. The molecule has 3 nitrogen and oxygen atoms in total. The van der Waals surface area contributed by atoms with Crippen LogP contribution in [0.2, 0.25) is 0 Å². The van der Waals surface area contributed by atoms with E-state index in [1.165, 1.54) is 31.2 Å². The lowest BCUT2D eigenvalue weighted by Crippen LogP contribution is -2.37. The van der Waals surface area contributed by atoms with Gasteiger partial charge in [-0.15, -0.1) is 0 Å². The van der Waals surface area contributed by atoms with E-state index in [1.54, 1.807) is 0 Å². The van der Waals surface area contributed by atoms with Gasteiger partial charge in [0.15, 0.2) is 12.7 Å². The normalized spacial score (nSPS) is 15.6. The van der Waals surface area contributed by atoms with Gasteiger partial charge in [-0.25, -0.2) is 4.98 Å². The van der Waals surface area contributed by atoms with Crippen LogP contribution in [0.4, 0.5) is 0 Å². The van der Waals surface area contributed by atoms with Gasteiger partial charge in [0.05, 0.1) is 6.20 Å².